The molecule has 0 aliphatic carbocycles. The van der Waals surface area contributed by atoms with E-state index in [1.54, 1.807) is 6.08 Å². The number of aliphatic hydroxyl groups excluding tert-OH is 2. The van der Waals surface area contributed by atoms with E-state index < -0.39 is 12.1 Å². The first-order chi connectivity index (χ1) is 39.2. The van der Waals surface area contributed by atoms with Gasteiger partial charge in [0.2, 0.25) is 5.91 Å². The van der Waals surface area contributed by atoms with Gasteiger partial charge < -0.3 is 15.5 Å². The summed E-state index contributed by atoms with van der Waals surface area (Å²) in [5.41, 5.74) is 0. The first-order valence-corrected chi connectivity index (χ1v) is 36.0. The van der Waals surface area contributed by atoms with Crippen molar-refractivity contribution in [1.82, 2.24) is 5.32 Å². The molecule has 2 atom stereocenters. The van der Waals surface area contributed by atoms with Gasteiger partial charge in [-0.15, -0.1) is 0 Å². The lowest BCUT2D eigenvalue weighted by Crippen LogP contribution is -2.45. The second-order valence-corrected chi connectivity index (χ2v) is 24.6. The van der Waals surface area contributed by atoms with Gasteiger partial charge in [-0.2, -0.15) is 0 Å². The largest absolute Gasteiger partial charge is 0.394 e. The van der Waals surface area contributed by atoms with Gasteiger partial charge in [0.15, 0.2) is 0 Å². The van der Waals surface area contributed by atoms with Gasteiger partial charge in [0.1, 0.15) is 0 Å². The third kappa shape index (κ3) is 66.8. The molecule has 3 N–H and O–H groups in total. The number of carbonyl (C=O) groups excluding carboxylic acids is 1. The van der Waals surface area contributed by atoms with Crippen LogP contribution in [0.5, 0.6) is 0 Å². The van der Waals surface area contributed by atoms with Gasteiger partial charge in [0.05, 0.1) is 18.8 Å². The Morgan fingerprint density at radius 1 is 0.304 bits per heavy atom. The van der Waals surface area contributed by atoms with Crippen LogP contribution in [0, 0.1) is 0 Å². The number of unbranched alkanes of at least 4 members (excludes halogenated alkanes) is 52. The number of aliphatic hydroxyl groups is 2. The predicted molar refractivity (Wildman–Crippen MR) is 354 cm³/mol. The number of allylic oxidation sites excluding steroid dienone is 9. The molecule has 464 valence electrons. The Bertz CT molecular complexity index is 1300. The van der Waals surface area contributed by atoms with Gasteiger partial charge >= 0.3 is 0 Å². The van der Waals surface area contributed by atoms with Crippen LogP contribution in [0.15, 0.2) is 60.8 Å². The van der Waals surface area contributed by atoms with E-state index in [-0.39, 0.29) is 12.5 Å². The molecule has 4 heteroatoms. The molecule has 0 aromatic rings. The Labute approximate surface area is 496 Å². The zero-order chi connectivity index (χ0) is 56.9. The predicted octanol–water partition coefficient (Wildman–Crippen LogP) is 24.7. The second-order valence-electron chi connectivity index (χ2n) is 24.6. The first kappa shape index (κ1) is 77.1. The highest BCUT2D eigenvalue weighted by atomic mass is 16.3. The highest BCUT2D eigenvalue weighted by Gasteiger charge is 2.18. The third-order valence-electron chi connectivity index (χ3n) is 16.7. The maximum atomic E-state index is 12.5. The molecule has 0 bridgehead atoms. The fourth-order valence-corrected chi connectivity index (χ4v) is 11.2. The third-order valence-corrected chi connectivity index (χ3v) is 16.7. The van der Waals surface area contributed by atoms with Crippen LogP contribution in [0.25, 0.3) is 0 Å². The van der Waals surface area contributed by atoms with E-state index in [0.717, 1.165) is 44.9 Å². The van der Waals surface area contributed by atoms with Crippen molar-refractivity contribution in [2.45, 2.75) is 405 Å². The molecule has 79 heavy (non-hydrogen) atoms. The van der Waals surface area contributed by atoms with Crippen molar-refractivity contribution in [2.24, 2.45) is 0 Å². The zero-order valence-electron chi connectivity index (χ0n) is 53.7. The van der Waals surface area contributed by atoms with Crippen LogP contribution in [0.2, 0.25) is 0 Å². The summed E-state index contributed by atoms with van der Waals surface area (Å²) in [5.74, 6) is -0.0709. The van der Waals surface area contributed by atoms with E-state index in [9.17, 15) is 15.0 Å². The van der Waals surface area contributed by atoms with Gasteiger partial charge in [0, 0.05) is 6.42 Å². The minimum atomic E-state index is -0.872. The Morgan fingerprint density at radius 3 is 0.810 bits per heavy atom. The molecule has 0 aliphatic rings. The second kappa shape index (κ2) is 70.4. The zero-order valence-corrected chi connectivity index (χ0v) is 53.7. The minimum Gasteiger partial charge on any atom is -0.394 e. The maximum absolute atomic E-state index is 12.5. The van der Waals surface area contributed by atoms with Gasteiger partial charge in [-0.25, -0.2) is 0 Å². The van der Waals surface area contributed by atoms with Crippen molar-refractivity contribution in [3.8, 4) is 0 Å². The van der Waals surface area contributed by atoms with Crippen LogP contribution in [0.4, 0.5) is 0 Å². The van der Waals surface area contributed by atoms with E-state index >= 15 is 0 Å². The normalized spacial score (nSPS) is 13.0. The highest BCUT2D eigenvalue weighted by Crippen LogP contribution is 2.19. The van der Waals surface area contributed by atoms with Gasteiger partial charge in [0.25, 0.3) is 0 Å². The topological polar surface area (TPSA) is 69.6 Å². The van der Waals surface area contributed by atoms with E-state index in [4.69, 9.17) is 0 Å². The summed E-state index contributed by atoms with van der Waals surface area (Å²) < 4.78 is 0. The lowest BCUT2D eigenvalue weighted by molar-refractivity contribution is -0.123. The number of hydrogen-bond donors (Lipinski definition) is 3. The molecular formula is C75H141NO3. The number of carbonyl (C=O) groups is 1. The van der Waals surface area contributed by atoms with Crippen molar-refractivity contribution < 1.29 is 15.0 Å². The van der Waals surface area contributed by atoms with Crippen LogP contribution in [-0.2, 0) is 4.79 Å². The Morgan fingerprint density at radius 2 is 0.532 bits per heavy atom. The molecule has 4 nitrogen and oxygen atoms in total. The van der Waals surface area contributed by atoms with Crippen molar-refractivity contribution in [3.63, 3.8) is 0 Å². The number of rotatable bonds is 67. The van der Waals surface area contributed by atoms with Crippen LogP contribution in [-0.4, -0.2) is 34.9 Å². The summed E-state index contributed by atoms with van der Waals surface area (Å²) in [4.78, 5) is 12.5. The van der Waals surface area contributed by atoms with Crippen molar-refractivity contribution in [2.75, 3.05) is 6.61 Å². The Hall–Kier alpha value is -1.91. The summed E-state index contributed by atoms with van der Waals surface area (Å²) in [6.07, 6.45) is 100. The van der Waals surface area contributed by atoms with Gasteiger partial charge in [-0.1, -0.05) is 370 Å². The summed E-state index contributed by atoms with van der Waals surface area (Å²) in [5, 5.41) is 23.3. The lowest BCUT2D eigenvalue weighted by Gasteiger charge is -2.19. The number of amides is 1. The molecule has 0 aromatic heterocycles. The molecule has 1 amide bonds. The summed E-state index contributed by atoms with van der Waals surface area (Å²) in [7, 11) is 0. The van der Waals surface area contributed by atoms with Crippen LogP contribution >= 0.6 is 0 Å². The molecule has 2 unspecified atom stereocenters. The van der Waals surface area contributed by atoms with Crippen LogP contribution < -0.4 is 5.32 Å². The molecule has 0 heterocycles. The first-order valence-electron chi connectivity index (χ1n) is 36.0. The highest BCUT2D eigenvalue weighted by molar-refractivity contribution is 5.76. The smallest absolute Gasteiger partial charge is 0.220 e. The fraction of sp³-hybridized carbons (Fsp3) is 0.853. The molecule has 0 saturated heterocycles. The van der Waals surface area contributed by atoms with Crippen LogP contribution in [0.3, 0.4) is 0 Å². The van der Waals surface area contributed by atoms with Gasteiger partial charge in [-0.3, -0.25) is 4.79 Å². The monoisotopic (exact) mass is 1100 g/mol. The number of nitrogens with one attached hydrogen (secondary N) is 1. The average Bonchev–Trinajstić information content (AvgIpc) is 3.45. The lowest BCUT2D eigenvalue weighted by atomic mass is 10.0. The standard InChI is InChI=1S/C75H141NO3/c1-3-5-7-9-11-13-15-17-19-21-23-25-27-29-31-33-34-35-36-37-38-39-40-41-42-43-45-47-49-51-53-55-57-59-61-63-65-67-69-71-75(79)76-73(72-77)74(78)70-68-66-64-62-60-58-56-54-52-50-48-46-44-32-30-28-26-24-22-20-18-16-14-12-10-8-6-4-2/h15,17,21,23,52,54,60,62,68,70,73-74,77-78H,3-14,16,18-20,22,24-51,53,55-59,61,63-67,69,71-72H2,1-2H3,(H,76,79)/b17-15-,23-21-,54-52+,62-60+,70-68+. The number of hydrogen-bond acceptors (Lipinski definition) is 3. The molecule has 0 spiro atoms. The molecule has 0 saturated carbocycles. The van der Waals surface area contributed by atoms with Crippen LogP contribution in [0.1, 0.15) is 393 Å². The van der Waals surface area contributed by atoms with E-state index in [2.05, 4.69) is 67.8 Å². The van der Waals surface area contributed by atoms with E-state index in [0.29, 0.717) is 6.42 Å². The summed E-state index contributed by atoms with van der Waals surface area (Å²) >= 11 is 0. The molecule has 0 radical (unpaired) electrons. The average molecular weight is 1100 g/mol. The van der Waals surface area contributed by atoms with Crippen molar-refractivity contribution in [1.29, 1.82) is 0 Å². The molecule has 0 fully saturated rings. The molecule has 0 aromatic carbocycles. The summed E-state index contributed by atoms with van der Waals surface area (Å²) in [6, 6.07) is -0.647. The molecular weight excluding hydrogens is 963 g/mol. The minimum absolute atomic E-state index is 0.0709. The van der Waals surface area contributed by atoms with E-state index in [1.165, 1.54) is 327 Å². The Balaban J connectivity index is 3.45. The van der Waals surface area contributed by atoms with Crippen molar-refractivity contribution in [3.05, 3.63) is 60.8 Å². The van der Waals surface area contributed by atoms with Crippen molar-refractivity contribution >= 4 is 5.91 Å². The maximum Gasteiger partial charge on any atom is 0.220 e. The SMILES string of the molecule is CCCCCCC/C=C\C/C=C\CCCCCCCCCCCCCCCCCCCCCCCCCCCCCC(=O)NC(CO)C(O)/C=C/CC/C=C/CC/C=C/CCCCCCCCCCCCCCCCCCCC. The quantitative estimate of drug-likeness (QED) is 0.0420. The fourth-order valence-electron chi connectivity index (χ4n) is 11.2. The summed E-state index contributed by atoms with van der Waals surface area (Å²) in [6.45, 7) is 4.32. The van der Waals surface area contributed by atoms with Gasteiger partial charge in [-0.05, 0) is 77.0 Å². The van der Waals surface area contributed by atoms with E-state index in [1.807, 2.05) is 6.08 Å². The Kier molecular flexibility index (Phi) is 68.7. The molecule has 0 rings (SSSR count). The molecule has 0 aliphatic heterocycles.